The van der Waals surface area contributed by atoms with Crippen molar-refractivity contribution in [1.82, 2.24) is 10.2 Å². The molecule has 0 fully saturated rings. The van der Waals surface area contributed by atoms with Crippen molar-refractivity contribution in [3.05, 3.63) is 57.6 Å². The predicted molar refractivity (Wildman–Crippen MR) is 128 cm³/mol. The number of hydrogen-bond acceptors (Lipinski definition) is 4. The Morgan fingerprint density at radius 1 is 1.06 bits per heavy atom. The Kier molecular flexibility index (Phi) is 10.1. The fourth-order valence-corrected chi connectivity index (χ4v) is 3.74. The van der Waals surface area contributed by atoms with Crippen LogP contribution >= 0.6 is 23.2 Å². The molecule has 0 aliphatic carbocycles. The summed E-state index contributed by atoms with van der Waals surface area (Å²) in [6.07, 6.45) is 1.62. The fraction of sp³-hybridized carbons (Fsp3) is 0.417. The van der Waals surface area contributed by atoms with Gasteiger partial charge < -0.3 is 19.7 Å². The first-order chi connectivity index (χ1) is 15.3. The quantitative estimate of drug-likeness (QED) is 0.491. The minimum Gasteiger partial charge on any atom is -0.493 e. The second-order valence-electron chi connectivity index (χ2n) is 7.42. The molecule has 6 nitrogen and oxygen atoms in total. The molecule has 0 spiro atoms. The number of carbonyl (C=O) groups excluding carboxylic acids is 2. The molecule has 8 heteroatoms. The zero-order chi connectivity index (χ0) is 23.7. The van der Waals surface area contributed by atoms with Gasteiger partial charge in [-0.15, -0.1) is 0 Å². The third kappa shape index (κ3) is 7.04. The topological polar surface area (TPSA) is 67.9 Å². The third-order valence-electron chi connectivity index (χ3n) is 5.31. The molecule has 1 atom stereocenters. The molecule has 0 aromatic heterocycles. The van der Waals surface area contributed by atoms with E-state index in [2.05, 4.69) is 5.32 Å². The van der Waals surface area contributed by atoms with Crippen molar-refractivity contribution in [2.45, 2.75) is 39.2 Å². The van der Waals surface area contributed by atoms with Gasteiger partial charge in [0.05, 0.1) is 24.8 Å². The van der Waals surface area contributed by atoms with Crippen LogP contribution in [-0.2, 0) is 11.2 Å². The molecule has 2 aromatic carbocycles. The van der Waals surface area contributed by atoms with Gasteiger partial charge in [-0.2, -0.15) is 0 Å². The van der Waals surface area contributed by atoms with Gasteiger partial charge in [0.2, 0.25) is 5.91 Å². The van der Waals surface area contributed by atoms with Crippen molar-refractivity contribution < 1.29 is 19.1 Å². The number of rotatable bonds is 11. The molecule has 1 unspecified atom stereocenters. The maximum absolute atomic E-state index is 13.0. The van der Waals surface area contributed by atoms with Crippen LogP contribution < -0.4 is 14.8 Å². The van der Waals surface area contributed by atoms with Gasteiger partial charge in [0.15, 0.2) is 11.5 Å². The summed E-state index contributed by atoms with van der Waals surface area (Å²) >= 11 is 12.2. The standard InChI is InChI=1S/C24H30Cl2N2O4/c1-5-16(2)28(24(30)19-8-7-18(25)15-20(19)26)13-11-23(29)27-12-10-17-6-9-21(31-3)22(14-17)32-4/h6-9,14-16H,5,10-13H2,1-4H3,(H,27,29). The van der Waals surface area contributed by atoms with Crippen LogP contribution in [0.1, 0.15) is 42.6 Å². The number of amides is 2. The molecular weight excluding hydrogens is 451 g/mol. The Labute approximate surface area is 199 Å². The van der Waals surface area contributed by atoms with Gasteiger partial charge in [0, 0.05) is 30.6 Å². The van der Waals surface area contributed by atoms with Gasteiger partial charge in [-0.05, 0) is 55.7 Å². The van der Waals surface area contributed by atoms with Crippen LogP contribution in [0.3, 0.4) is 0 Å². The minimum absolute atomic E-state index is 0.0335. The minimum atomic E-state index is -0.209. The summed E-state index contributed by atoms with van der Waals surface area (Å²) < 4.78 is 10.5. The number of halogens is 2. The number of carbonyl (C=O) groups is 2. The first kappa shape index (κ1) is 25.8. The number of nitrogens with one attached hydrogen (secondary N) is 1. The highest BCUT2D eigenvalue weighted by Gasteiger charge is 2.23. The normalized spacial score (nSPS) is 11.6. The number of methoxy groups -OCH3 is 2. The Hall–Kier alpha value is -2.44. The number of nitrogens with zero attached hydrogens (tertiary/aromatic N) is 1. The molecule has 2 amide bonds. The van der Waals surface area contributed by atoms with E-state index < -0.39 is 0 Å². The molecule has 0 radical (unpaired) electrons. The first-order valence-electron chi connectivity index (χ1n) is 10.5. The Balaban J connectivity index is 1.92. The summed E-state index contributed by atoms with van der Waals surface area (Å²) in [4.78, 5) is 27.1. The van der Waals surface area contributed by atoms with Crippen molar-refractivity contribution >= 4 is 35.0 Å². The maximum Gasteiger partial charge on any atom is 0.255 e. The Bertz CT molecular complexity index is 936. The summed E-state index contributed by atoms with van der Waals surface area (Å²) in [6.45, 7) is 4.73. The number of benzene rings is 2. The van der Waals surface area contributed by atoms with E-state index in [-0.39, 0.29) is 24.3 Å². The van der Waals surface area contributed by atoms with Crippen LogP contribution in [-0.4, -0.2) is 50.1 Å². The van der Waals surface area contributed by atoms with E-state index in [0.29, 0.717) is 46.6 Å². The molecular formula is C24H30Cl2N2O4. The zero-order valence-corrected chi connectivity index (χ0v) is 20.4. The lowest BCUT2D eigenvalue weighted by molar-refractivity contribution is -0.121. The van der Waals surface area contributed by atoms with Crippen LogP contribution in [0.5, 0.6) is 11.5 Å². The Morgan fingerprint density at radius 2 is 1.78 bits per heavy atom. The smallest absolute Gasteiger partial charge is 0.255 e. The average Bonchev–Trinajstić information content (AvgIpc) is 2.78. The summed E-state index contributed by atoms with van der Waals surface area (Å²) in [5.41, 5.74) is 1.40. The van der Waals surface area contributed by atoms with Gasteiger partial charge >= 0.3 is 0 Å². The molecule has 2 rings (SSSR count). The predicted octanol–water partition coefficient (Wildman–Crippen LogP) is 5.00. The fourth-order valence-electron chi connectivity index (χ4n) is 3.25. The summed E-state index contributed by atoms with van der Waals surface area (Å²) in [5.74, 6) is 0.990. The first-order valence-corrected chi connectivity index (χ1v) is 11.3. The molecule has 0 aliphatic heterocycles. The molecule has 0 aliphatic rings. The van der Waals surface area contributed by atoms with E-state index in [4.69, 9.17) is 32.7 Å². The van der Waals surface area contributed by atoms with Crippen LogP contribution in [0.15, 0.2) is 36.4 Å². The van der Waals surface area contributed by atoms with Gasteiger partial charge in [-0.1, -0.05) is 36.2 Å². The molecule has 1 N–H and O–H groups in total. The summed E-state index contributed by atoms with van der Waals surface area (Å²) in [6, 6.07) is 10.4. The van der Waals surface area contributed by atoms with Crippen molar-refractivity contribution in [3.8, 4) is 11.5 Å². The van der Waals surface area contributed by atoms with Crippen LogP contribution in [0.25, 0.3) is 0 Å². The second kappa shape index (κ2) is 12.6. The van der Waals surface area contributed by atoms with E-state index in [1.165, 1.54) is 0 Å². The molecule has 174 valence electrons. The van der Waals surface area contributed by atoms with E-state index in [1.54, 1.807) is 37.3 Å². The van der Waals surface area contributed by atoms with E-state index >= 15 is 0 Å². The molecule has 32 heavy (non-hydrogen) atoms. The highest BCUT2D eigenvalue weighted by molar-refractivity contribution is 6.36. The van der Waals surface area contributed by atoms with Gasteiger partial charge in [0.25, 0.3) is 5.91 Å². The van der Waals surface area contributed by atoms with Crippen molar-refractivity contribution in [2.75, 3.05) is 27.3 Å². The number of hydrogen-bond donors (Lipinski definition) is 1. The van der Waals surface area contributed by atoms with E-state index in [1.807, 2.05) is 32.0 Å². The van der Waals surface area contributed by atoms with Crippen LogP contribution in [0, 0.1) is 0 Å². The monoisotopic (exact) mass is 480 g/mol. The zero-order valence-electron chi connectivity index (χ0n) is 18.9. The van der Waals surface area contributed by atoms with E-state index in [9.17, 15) is 9.59 Å². The van der Waals surface area contributed by atoms with Gasteiger partial charge in [-0.3, -0.25) is 9.59 Å². The Morgan fingerprint density at radius 3 is 2.41 bits per heavy atom. The highest BCUT2D eigenvalue weighted by Crippen LogP contribution is 2.27. The average molecular weight is 481 g/mol. The lowest BCUT2D eigenvalue weighted by Gasteiger charge is -2.29. The summed E-state index contributed by atoms with van der Waals surface area (Å²) in [5, 5.41) is 3.68. The van der Waals surface area contributed by atoms with Crippen molar-refractivity contribution in [1.29, 1.82) is 0 Å². The van der Waals surface area contributed by atoms with Gasteiger partial charge in [0.1, 0.15) is 0 Å². The van der Waals surface area contributed by atoms with Crippen LogP contribution in [0.2, 0.25) is 10.0 Å². The largest absolute Gasteiger partial charge is 0.493 e. The summed E-state index contributed by atoms with van der Waals surface area (Å²) in [7, 11) is 3.18. The van der Waals surface area contributed by atoms with Crippen molar-refractivity contribution in [3.63, 3.8) is 0 Å². The van der Waals surface area contributed by atoms with Gasteiger partial charge in [-0.25, -0.2) is 0 Å². The third-order valence-corrected chi connectivity index (χ3v) is 5.86. The lowest BCUT2D eigenvalue weighted by Crippen LogP contribution is -2.41. The lowest BCUT2D eigenvalue weighted by atomic mass is 10.1. The molecule has 2 aromatic rings. The molecule has 0 heterocycles. The maximum atomic E-state index is 13.0. The SMILES string of the molecule is CCC(C)N(CCC(=O)NCCc1ccc(OC)c(OC)c1)C(=O)c1ccc(Cl)cc1Cl. The highest BCUT2D eigenvalue weighted by atomic mass is 35.5. The molecule has 0 saturated carbocycles. The second-order valence-corrected chi connectivity index (χ2v) is 8.26. The van der Waals surface area contributed by atoms with E-state index in [0.717, 1.165) is 12.0 Å². The molecule has 0 bridgehead atoms. The molecule has 0 saturated heterocycles. The number of ether oxygens (including phenoxy) is 2. The van der Waals surface area contributed by atoms with Crippen LogP contribution in [0.4, 0.5) is 0 Å². The van der Waals surface area contributed by atoms with Crippen molar-refractivity contribution in [2.24, 2.45) is 0 Å².